The molecule has 0 aromatic heterocycles. The zero-order chi connectivity index (χ0) is 15.4. The van der Waals surface area contributed by atoms with Crippen molar-refractivity contribution in [3.05, 3.63) is 35.9 Å². The van der Waals surface area contributed by atoms with E-state index in [2.05, 4.69) is 0 Å². The van der Waals surface area contributed by atoms with Crippen LogP contribution in [0.2, 0.25) is 0 Å². The Labute approximate surface area is 126 Å². The maximum Gasteiger partial charge on any atom is 0.228 e. The number of aliphatic hydroxyl groups is 1. The molecule has 5 heteroatoms. The van der Waals surface area contributed by atoms with E-state index < -0.39 is 6.29 Å². The summed E-state index contributed by atoms with van der Waals surface area (Å²) in [5, 5.41) is 23.9. The van der Waals surface area contributed by atoms with Crippen molar-refractivity contribution in [1.29, 1.82) is 0 Å². The van der Waals surface area contributed by atoms with Gasteiger partial charge < -0.3 is 24.4 Å². The third kappa shape index (κ3) is 1.57. The Balaban J connectivity index is 2.25. The Morgan fingerprint density at radius 1 is 1.00 bits per heavy atom. The Morgan fingerprint density at radius 3 is 2.41 bits per heavy atom. The van der Waals surface area contributed by atoms with Gasteiger partial charge in [0.1, 0.15) is 11.5 Å². The number of phenols is 1. The molecule has 1 aliphatic heterocycles. The molecule has 0 radical (unpaired) electrons. The van der Waals surface area contributed by atoms with Crippen molar-refractivity contribution in [2.45, 2.75) is 6.29 Å². The van der Waals surface area contributed by atoms with Gasteiger partial charge in [-0.2, -0.15) is 0 Å². The fourth-order valence-electron chi connectivity index (χ4n) is 3.13. The second-order valence-electron chi connectivity index (χ2n) is 5.20. The average Bonchev–Trinajstić information content (AvgIpc) is 2.52. The summed E-state index contributed by atoms with van der Waals surface area (Å²) in [6.45, 7) is 0. The van der Waals surface area contributed by atoms with Crippen molar-refractivity contribution < 1.29 is 24.4 Å². The van der Waals surface area contributed by atoms with Crippen LogP contribution in [0.4, 0.5) is 0 Å². The van der Waals surface area contributed by atoms with Gasteiger partial charge in [0.2, 0.25) is 6.29 Å². The molecule has 0 bridgehead atoms. The van der Waals surface area contributed by atoms with Gasteiger partial charge in [0.25, 0.3) is 0 Å². The van der Waals surface area contributed by atoms with Gasteiger partial charge in [0, 0.05) is 16.8 Å². The molecule has 0 saturated carbocycles. The first-order chi connectivity index (χ1) is 10.6. The summed E-state index contributed by atoms with van der Waals surface area (Å²) in [6, 6.07) is 9.10. The molecule has 112 valence electrons. The predicted octanol–water partition coefficient (Wildman–Crippen LogP) is 3.10. The van der Waals surface area contributed by atoms with E-state index in [0.717, 1.165) is 21.5 Å². The third-order valence-electron chi connectivity index (χ3n) is 4.05. The van der Waals surface area contributed by atoms with Gasteiger partial charge in [0.15, 0.2) is 11.5 Å². The van der Waals surface area contributed by atoms with Gasteiger partial charge >= 0.3 is 0 Å². The van der Waals surface area contributed by atoms with E-state index in [4.69, 9.17) is 14.2 Å². The standard InChI is InChI=1S/C17H14O5/c1-20-10-5-8-3-4-9-6-11(18)16(21-2)15-14(9)13(8)12(7-10)22-17(15)19/h3-7,17-19H,1-2H3. The molecular weight excluding hydrogens is 284 g/mol. The predicted molar refractivity (Wildman–Crippen MR) is 81.8 cm³/mol. The molecule has 3 aromatic rings. The summed E-state index contributed by atoms with van der Waals surface area (Å²) in [6.07, 6.45) is -1.21. The van der Waals surface area contributed by atoms with E-state index in [1.54, 1.807) is 19.2 Å². The van der Waals surface area contributed by atoms with E-state index in [1.165, 1.54) is 7.11 Å². The van der Waals surface area contributed by atoms with Crippen LogP contribution in [-0.2, 0) is 0 Å². The minimum absolute atomic E-state index is 0.0241. The second-order valence-corrected chi connectivity index (χ2v) is 5.20. The van der Waals surface area contributed by atoms with Crippen LogP contribution in [-0.4, -0.2) is 24.4 Å². The van der Waals surface area contributed by atoms with Crippen molar-refractivity contribution in [2.24, 2.45) is 0 Å². The molecular formula is C17H14O5. The first kappa shape index (κ1) is 13.0. The number of rotatable bonds is 2. The van der Waals surface area contributed by atoms with Crippen LogP contribution in [0.25, 0.3) is 21.5 Å². The number of aromatic hydroxyl groups is 1. The van der Waals surface area contributed by atoms with Crippen molar-refractivity contribution in [1.82, 2.24) is 0 Å². The van der Waals surface area contributed by atoms with Crippen LogP contribution in [0.15, 0.2) is 30.3 Å². The molecule has 0 amide bonds. The number of hydrogen-bond donors (Lipinski definition) is 2. The van der Waals surface area contributed by atoms with Gasteiger partial charge in [-0.25, -0.2) is 0 Å². The Kier molecular flexibility index (Phi) is 2.62. The smallest absolute Gasteiger partial charge is 0.228 e. The molecule has 1 unspecified atom stereocenters. The van der Waals surface area contributed by atoms with Crippen LogP contribution >= 0.6 is 0 Å². The van der Waals surface area contributed by atoms with Crippen LogP contribution < -0.4 is 14.2 Å². The molecule has 1 aliphatic rings. The van der Waals surface area contributed by atoms with E-state index >= 15 is 0 Å². The first-order valence-electron chi connectivity index (χ1n) is 6.83. The van der Waals surface area contributed by atoms with Crippen molar-refractivity contribution in [3.63, 3.8) is 0 Å². The third-order valence-corrected chi connectivity index (χ3v) is 4.05. The highest BCUT2D eigenvalue weighted by Crippen LogP contribution is 2.49. The largest absolute Gasteiger partial charge is 0.504 e. The topological polar surface area (TPSA) is 68.2 Å². The van der Waals surface area contributed by atoms with E-state index in [1.807, 2.05) is 18.2 Å². The maximum absolute atomic E-state index is 10.4. The molecule has 0 saturated heterocycles. The van der Waals surface area contributed by atoms with Crippen LogP contribution in [0.1, 0.15) is 11.9 Å². The average molecular weight is 298 g/mol. The molecule has 0 aliphatic carbocycles. The number of benzene rings is 3. The molecule has 3 aromatic carbocycles. The van der Waals surface area contributed by atoms with Crippen molar-refractivity contribution in [2.75, 3.05) is 14.2 Å². The molecule has 2 N–H and O–H groups in total. The maximum atomic E-state index is 10.4. The molecule has 0 spiro atoms. The summed E-state index contributed by atoms with van der Waals surface area (Å²) in [4.78, 5) is 0. The summed E-state index contributed by atoms with van der Waals surface area (Å²) in [5.41, 5.74) is 0.445. The first-order valence-corrected chi connectivity index (χ1v) is 6.83. The Bertz CT molecular complexity index is 916. The molecule has 0 fully saturated rings. The van der Waals surface area contributed by atoms with Gasteiger partial charge in [-0.3, -0.25) is 0 Å². The molecule has 4 rings (SSSR count). The zero-order valence-electron chi connectivity index (χ0n) is 12.1. The van der Waals surface area contributed by atoms with Crippen molar-refractivity contribution >= 4 is 21.5 Å². The summed E-state index contributed by atoms with van der Waals surface area (Å²) in [5.74, 6) is 1.41. The van der Waals surface area contributed by atoms with E-state index in [0.29, 0.717) is 17.1 Å². The molecule has 5 nitrogen and oxygen atoms in total. The normalized spacial score (nSPS) is 16.0. The van der Waals surface area contributed by atoms with Crippen LogP contribution in [0, 0.1) is 0 Å². The number of ether oxygens (including phenoxy) is 3. The van der Waals surface area contributed by atoms with E-state index in [-0.39, 0.29) is 11.5 Å². The lowest BCUT2D eigenvalue weighted by molar-refractivity contribution is -0.0205. The van der Waals surface area contributed by atoms with Crippen LogP contribution in [0.5, 0.6) is 23.0 Å². The molecule has 22 heavy (non-hydrogen) atoms. The minimum Gasteiger partial charge on any atom is -0.504 e. The van der Waals surface area contributed by atoms with Crippen LogP contribution in [0.3, 0.4) is 0 Å². The SMILES string of the molecule is COc1cc2c3c(ccc4cc(O)c(OC)c(c43)C(O)O2)c1. The van der Waals surface area contributed by atoms with E-state index in [9.17, 15) is 10.2 Å². The fourth-order valence-corrected chi connectivity index (χ4v) is 3.13. The number of hydrogen-bond acceptors (Lipinski definition) is 5. The minimum atomic E-state index is -1.21. The number of phenolic OH excluding ortho intramolecular Hbond substituents is 1. The number of methoxy groups -OCH3 is 2. The van der Waals surface area contributed by atoms with Gasteiger partial charge in [-0.15, -0.1) is 0 Å². The quantitative estimate of drug-likeness (QED) is 0.712. The lowest BCUT2D eigenvalue weighted by Crippen LogP contribution is -2.13. The van der Waals surface area contributed by atoms with Gasteiger partial charge in [-0.05, 0) is 22.9 Å². The summed E-state index contributed by atoms with van der Waals surface area (Å²) >= 11 is 0. The highest BCUT2D eigenvalue weighted by atomic mass is 16.6. The highest BCUT2D eigenvalue weighted by molar-refractivity contribution is 6.14. The molecule has 1 heterocycles. The fraction of sp³-hybridized carbons (Fsp3) is 0.176. The lowest BCUT2D eigenvalue weighted by atomic mass is 9.93. The second kappa shape index (κ2) is 4.42. The van der Waals surface area contributed by atoms with Gasteiger partial charge in [-0.1, -0.05) is 12.1 Å². The summed E-state index contributed by atoms with van der Waals surface area (Å²) in [7, 11) is 3.04. The number of aliphatic hydroxyl groups excluding tert-OH is 1. The van der Waals surface area contributed by atoms with Crippen molar-refractivity contribution in [3.8, 4) is 23.0 Å². The monoisotopic (exact) mass is 298 g/mol. The van der Waals surface area contributed by atoms with Gasteiger partial charge in [0.05, 0.1) is 19.8 Å². The lowest BCUT2D eigenvalue weighted by Gasteiger charge is -2.26. The highest BCUT2D eigenvalue weighted by Gasteiger charge is 2.29. The Morgan fingerprint density at radius 2 is 1.73 bits per heavy atom. The Hall–Kier alpha value is -2.66. The molecule has 1 atom stereocenters. The summed E-state index contributed by atoms with van der Waals surface area (Å²) < 4.78 is 16.1. The zero-order valence-corrected chi connectivity index (χ0v) is 12.1.